The number of halogens is 1. The predicted molar refractivity (Wildman–Crippen MR) is 68.9 cm³/mol. The summed E-state index contributed by atoms with van der Waals surface area (Å²) >= 11 is 0. The molecule has 1 saturated heterocycles. The number of nitro groups is 1. The van der Waals surface area contributed by atoms with E-state index in [1.807, 2.05) is 0 Å². The van der Waals surface area contributed by atoms with Gasteiger partial charge < -0.3 is 10.0 Å². The van der Waals surface area contributed by atoms with E-state index in [0.717, 1.165) is 12.1 Å². The fraction of sp³-hybridized carbons (Fsp3) is 0.462. The minimum atomic E-state index is -0.998. The second-order valence-electron chi connectivity index (χ2n) is 5.35. The zero-order chi connectivity index (χ0) is 15.1. The molecule has 1 atom stereocenters. The van der Waals surface area contributed by atoms with Gasteiger partial charge in [0.1, 0.15) is 5.82 Å². The van der Waals surface area contributed by atoms with Gasteiger partial charge in [-0.15, -0.1) is 0 Å². The van der Waals surface area contributed by atoms with Crippen LogP contribution in [0.5, 0.6) is 0 Å². The van der Waals surface area contributed by atoms with Crippen molar-refractivity contribution in [3.63, 3.8) is 0 Å². The highest BCUT2D eigenvalue weighted by molar-refractivity contribution is 5.95. The summed E-state index contributed by atoms with van der Waals surface area (Å²) in [7, 11) is 0. The molecule has 0 bridgehead atoms. The highest BCUT2D eigenvalue weighted by Crippen LogP contribution is 2.26. The molecule has 1 heterocycles. The first-order valence-electron chi connectivity index (χ1n) is 6.17. The molecule has 6 nitrogen and oxygen atoms in total. The average Bonchev–Trinajstić information content (AvgIpc) is 2.72. The van der Waals surface area contributed by atoms with Crippen LogP contribution in [0.15, 0.2) is 12.1 Å². The number of likely N-dealkylation sites (tertiary alicyclic amines) is 1. The van der Waals surface area contributed by atoms with Crippen molar-refractivity contribution in [2.24, 2.45) is 0 Å². The number of aliphatic hydroxyl groups is 1. The van der Waals surface area contributed by atoms with Crippen molar-refractivity contribution in [2.45, 2.75) is 25.9 Å². The summed E-state index contributed by atoms with van der Waals surface area (Å²) in [4.78, 5) is 23.7. The van der Waals surface area contributed by atoms with Crippen LogP contribution in [0.1, 0.15) is 29.3 Å². The molecule has 1 aliphatic heterocycles. The monoisotopic (exact) mass is 282 g/mol. The number of aryl methyl sites for hydroxylation is 1. The van der Waals surface area contributed by atoms with E-state index in [4.69, 9.17) is 0 Å². The number of amides is 1. The van der Waals surface area contributed by atoms with E-state index < -0.39 is 22.2 Å². The summed E-state index contributed by atoms with van der Waals surface area (Å²) < 4.78 is 14.0. The van der Waals surface area contributed by atoms with Crippen molar-refractivity contribution in [1.82, 2.24) is 4.90 Å². The number of carbonyl (C=O) groups is 1. The van der Waals surface area contributed by atoms with Gasteiger partial charge in [0, 0.05) is 25.2 Å². The first kappa shape index (κ1) is 14.4. The second-order valence-corrected chi connectivity index (χ2v) is 5.35. The third kappa shape index (κ3) is 2.62. The van der Waals surface area contributed by atoms with E-state index in [2.05, 4.69) is 0 Å². The van der Waals surface area contributed by atoms with Gasteiger partial charge in [0.15, 0.2) is 0 Å². The number of non-ortho nitro benzene ring substituents is 1. The molecular formula is C13H15FN2O4. The fourth-order valence-electron chi connectivity index (χ4n) is 2.30. The molecule has 0 saturated carbocycles. The zero-order valence-corrected chi connectivity index (χ0v) is 11.2. The Balaban J connectivity index is 2.37. The number of nitro benzene ring substituents is 1. The number of hydrogen-bond acceptors (Lipinski definition) is 4. The van der Waals surface area contributed by atoms with E-state index in [1.165, 1.54) is 11.8 Å². The topological polar surface area (TPSA) is 83.7 Å². The Kier molecular flexibility index (Phi) is 3.47. The van der Waals surface area contributed by atoms with Gasteiger partial charge in [0.05, 0.1) is 16.1 Å². The van der Waals surface area contributed by atoms with Crippen LogP contribution in [0, 0.1) is 22.9 Å². The highest BCUT2D eigenvalue weighted by Gasteiger charge is 2.35. The van der Waals surface area contributed by atoms with E-state index in [0.29, 0.717) is 13.0 Å². The Morgan fingerprint density at radius 3 is 2.70 bits per heavy atom. The van der Waals surface area contributed by atoms with Crippen LogP contribution in [0.3, 0.4) is 0 Å². The molecule has 1 amide bonds. The molecule has 1 N–H and O–H groups in total. The maximum atomic E-state index is 14.0. The van der Waals surface area contributed by atoms with Gasteiger partial charge in [0.25, 0.3) is 11.6 Å². The van der Waals surface area contributed by atoms with E-state index in [-0.39, 0.29) is 23.4 Å². The van der Waals surface area contributed by atoms with Crippen molar-refractivity contribution in [3.05, 3.63) is 39.2 Å². The van der Waals surface area contributed by atoms with Crippen molar-refractivity contribution in [1.29, 1.82) is 0 Å². The third-order valence-electron chi connectivity index (χ3n) is 3.42. The van der Waals surface area contributed by atoms with Crippen LogP contribution in [-0.2, 0) is 0 Å². The minimum absolute atomic E-state index is 0.0495. The number of rotatable bonds is 2. The molecule has 1 aromatic rings. The predicted octanol–water partition coefficient (Wildman–Crippen LogP) is 1.64. The molecule has 1 aliphatic rings. The average molecular weight is 282 g/mol. The molecule has 20 heavy (non-hydrogen) atoms. The Morgan fingerprint density at radius 1 is 1.55 bits per heavy atom. The molecular weight excluding hydrogens is 267 g/mol. The zero-order valence-electron chi connectivity index (χ0n) is 11.2. The minimum Gasteiger partial charge on any atom is -0.388 e. The molecule has 1 aromatic carbocycles. The lowest BCUT2D eigenvalue weighted by atomic mass is 10.1. The highest BCUT2D eigenvalue weighted by atomic mass is 19.1. The maximum Gasteiger partial charge on any atom is 0.270 e. The summed E-state index contributed by atoms with van der Waals surface area (Å²) in [5.41, 5.74) is -1.59. The number of β-amino-alcohol motifs (C(OH)–C–C–N with tert-alkyl or cyclic N) is 1. The van der Waals surface area contributed by atoms with E-state index >= 15 is 0 Å². The van der Waals surface area contributed by atoms with Crippen LogP contribution < -0.4 is 0 Å². The molecule has 108 valence electrons. The van der Waals surface area contributed by atoms with Gasteiger partial charge in [-0.25, -0.2) is 4.39 Å². The van der Waals surface area contributed by atoms with Crippen molar-refractivity contribution in [2.75, 3.05) is 13.1 Å². The summed E-state index contributed by atoms with van der Waals surface area (Å²) in [6.45, 7) is 3.36. The third-order valence-corrected chi connectivity index (χ3v) is 3.42. The van der Waals surface area contributed by atoms with Gasteiger partial charge in [-0.1, -0.05) is 0 Å². The number of nitrogens with zero attached hydrogens (tertiary/aromatic N) is 2. The van der Waals surface area contributed by atoms with Crippen molar-refractivity contribution in [3.8, 4) is 0 Å². The number of benzene rings is 1. The van der Waals surface area contributed by atoms with Gasteiger partial charge in [-0.2, -0.15) is 0 Å². The SMILES string of the molecule is Cc1cc([N+](=O)[O-])cc(C(=O)N2CCC(C)(O)C2)c1F. The summed E-state index contributed by atoms with van der Waals surface area (Å²) in [6, 6.07) is 2.03. The largest absolute Gasteiger partial charge is 0.388 e. The molecule has 1 fully saturated rings. The Bertz CT molecular complexity index is 586. The van der Waals surface area contributed by atoms with Crippen molar-refractivity contribution < 1.29 is 19.2 Å². The van der Waals surface area contributed by atoms with Gasteiger partial charge in [0.2, 0.25) is 0 Å². The number of carbonyl (C=O) groups excluding carboxylic acids is 1. The van der Waals surface area contributed by atoms with E-state index in [9.17, 15) is 24.4 Å². The molecule has 2 rings (SSSR count). The first-order valence-corrected chi connectivity index (χ1v) is 6.17. The van der Waals surface area contributed by atoms with Crippen LogP contribution in [0.25, 0.3) is 0 Å². The molecule has 7 heteroatoms. The van der Waals surface area contributed by atoms with Crippen LogP contribution in [0.2, 0.25) is 0 Å². The Morgan fingerprint density at radius 2 is 2.20 bits per heavy atom. The molecule has 0 aromatic heterocycles. The van der Waals surface area contributed by atoms with E-state index in [1.54, 1.807) is 6.92 Å². The smallest absolute Gasteiger partial charge is 0.270 e. The lowest BCUT2D eigenvalue weighted by molar-refractivity contribution is -0.385. The summed E-state index contributed by atoms with van der Waals surface area (Å²) in [6.07, 6.45) is 0.397. The Labute approximate surface area is 115 Å². The maximum absolute atomic E-state index is 14.0. The molecule has 0 radical (unpaired) electrons. The van der Waals surface area contributed by atoms with Crippen LogP contribution >= 0.6 is 0 Å². The quantitative estimate of drug-likeness (QED) is 0.660. The standard InChI is InChI=1S/C13H15FN2O4/c1-8-5-9(16(19)20)6-10(11(8)14)12(17)15-4-3-13(2,18)7-15/h5-6,18H,3-4,7H2,1-2H3. The lowest BCUT2D eigenvalue weighted by Gasteiger charge is -2.19. The summed E-state index contributed by atoms with van der Waals surface area (Å²) in [5.74, 6) is -1.39. The summed E-state index contributed by atoms with van der Waals surface area (Å²) in [5, 5.41) is 20.6. The van der Waals surface area contributed by atoms with Crippen LogP contribution in [-0.4, -0.2) is 39.5 Å². The van der Waals surface area contributed by atoms with Gasteiger partial charge >= 0.3 is 0 Å². The number of hydrogen-bond donors (Lipinski definition) is 1. The Hall–Kier alpha value is -2.02. The second kappa shape index (κ2) is 4.82. The van der Waals surface area contributed by atoms with Crippen LogP contribution in [0.4, 0.5) is 10.1 Å². The fourth-order valence-corrected chi connectivity index (χ4v) is 2.30. The first-order chi connectivity index (χ1) is 9.21. The van der Waals surface area contributed by atoms with Crippen molar-refractivity contribution >= 4 is 11.6 Å². The lowest BCUT2D eigenvalue weighted by Crippen LogP contribution is -2.34. The molecule has 1 unspecified atom stereocenters. The molecule has 0 aliphatic carbocycles. The van der Waals surface area contributed by atoms with Gasteiger partial charge in [-0.3, -0.25) is 14.9 Å². The molecule has 0 spiro atoms. The van der Waals surface area contributed by atoms with Gasteiger partial charge in [-0.05, 0) is 25.8 Å². The normalized spacial score (nSPS) is 22.1.